The number of nitro groups is 1. The highest BCUT2D eigenvalue weighted by atomic mass is 16.6. The molecule has 1 amide bonds. The van der Waals surface area contributed by atoms with Gasteiger partial charge in [0.05, 0.1) is 10.3 Å². The Kier molecular flexibility index (Phi) is 4.52. The minimum absolute atomic E-state index is 0.0695. The molecule has 28 heavy (non-hydrogen) atoms. The van der Waals surface area contributed by atoms with Crippen molar-refractivity contribution in [3.63, 3.8) is 0 Å². The molecule has 0 aliphatic carbocycles. The number of piperazine rings is 1. The zero-order valence-electron chi connectivity index (χ0n) is 15.1. The van der Waals surface area contributed by atoms with Crippen molar-refractivity contribution in [2.45, 2.75) is 0 Å². The van der Waals surface area contributed by atoms with Crippen LogP contribution in [0.4, 0.5) is 17.1 Å². The summed E-state index contributed by atoms with van der Waals surface area (Å²) in [5, 5.41) is 12.7. The number of nitro benzene ring substituents is 1. The van der Waals surface area contributed by atoms with Gasteiger partial charge in [-0.25, -0.2) is 0 Å². The summed E-state index contributed by atoms with van der Waals surface area (Å²) >= 11 is 0. The number of aromatic nitrogens is 1. The number of pyridine rings is 1. The van der Waals surface area contributed by atoms with Gasteiger partial charge in [0.15, 0.2) is 0 Å². The molecule has 0 radical (unpaired) electrons. The predicted molar refractivity (Wildman–Crippen MR) is 108 cm³/mol. The second kappa shape index (κ2) is 7.15. The first-order chi connectivity index (χ1) is 13.5. The summed E-state index contributed by atoms with van der Waals surface area (Å²) in [6, 6.07) is 12.5. The van der Waals surface area contributed by atoms with Crippen LogP contribution in [0.1, 0.15) is 10.4 Å². The maximum atomic E-state index is 11.3. The van der Waals surface area contributed by atoms with Gasteiger partial charge in [-0.05, 0) is 36.4 Å². The summed E-state index contributed by atoms with van der Waals surface area (Å²) in [5.74, 6) is -0.434. The first-order valence-electron chi connectivity index (χ1n) is 8.95. The first-order valence-corrected chi connectivity index (χ1v) is 8.95. The van der Waals surface area contributed by atoms with Crippen molar-refractivity contribution in [3.8, 4) is 0 Å². The standard InChI is InChI=1S/C20H19N5O3/c21-20(26)14-1-3-15(4-2-14)23-9-11-24(12-10-23)18-5-6-19(25(27)28)17-13-22-8-7-16(17)18/h1-8,13H,9-12H2,(H2,21,26). The minimum atomic E-state index is -0.434. The molecule has 1 aliphatic rings. The van der Waals surface area contributed by atoms with E-state index in [1.807, 2.05) is 24.3 Å². The van der Waals surface area contributed by atoms with Gasteiger partial charge < -0.3 is 15.5 Å². The summed E-state index contributed by atoms with van der Waals surface area (Å²) in [6.45, 7) is 3.18. The SMILES string of the molecule is NC(=O)c1ccc(N2CCN(c3ccc([N+](=O)[O-])c4cnccc34)CC2)cc1. The van der Waals surface area contributed by atoms with Gasteiger partial charge in [0.2, 0.25) is 5.91 Å². The van der Waals surface area contributed by atoms with Crippen molar-refractivity contribution in [2.24, 2.45) is 5.73 Å². The van der Waals surface area contributed by atoms with Crippen molar-refractivity contribution in [1.82, 2.24) is 4.98 Å². The van der Waals surface area contributed by atoms with Crippen LogP contribution in [-0.2, 0) is 0 Å². The second-order valence-electron chi connectivity index (χ2n) is 6.67. The third-order valence-corrected chi connectivity index (χ3v) is 5.11. The molecule has 0 bridgehead atoms. The quantitative estimate of drug-likeness (QED) is 0.553. The number of hydrogen-bond donors (Lipinski definition) is 1. The van der Waals surface area contributed by atoms with E-state index in [4.69, 9.17) is 5.73 Å². The molecule has 142 valence electrons. The molecule has 4 rings (SSSR count). The van der Waals surface area contributed by atoms with Crippen molar-refractivity contribution in [1.29, 1.82) is 0 Å². The molecular formula is C20H19N5O3. The van der Waals surface area contributed by atoms with E-state index in [2.05, 4.69) is 14.8 Å². The lowest BCUT2D eigenvalue weighted by Crippen LogP contribution is -2.46. The summed E-state index contributed by atoms with van der Waals surface area (Å²) in [4.78, 5) is 30.7. The van der Waals surface area contributed by atoms with Crippen LogP contribution in [0.15, 0.2) is 54.9 Å². The fraction of sp³-hybridized carbons (Fsp3) is 0.200. The van der Waals surface area contributed by atoms with Gasteiger partial charge in [-0.3, -0.25) is 19.9 Å². The van der Waals surface area contributed by atoms with Crippen molar-refractivity contribution in [3.05, 3.63) is 70.5 Å². The van der Waals surface area contributed by atoms with Gasteiger partial charge in [0.25, 0.3) is 5.69 Å². The zero-order valence-corrected chi connectivity index (χ0v) is 15.1. The number of non-ortho nitro benzene ring substituents is 1. The van der Waals surface area contributed by atoms with Crippen molar-refractivity contribution < 1.29 is 9.72 Å². The van der Waals surface area contributed by atoms with Crippen LogP contribution in [0.25, 0.3) is 10.8 Å². The topological polar surface area (TPSA) is 106 Å². The number of fused-ring (bicyclic) bond motifs is 1. The molecule has 2 aromatic carbocycles. The average Bonchev–Trinajstić information content (AvgIpc) is 2.73. The van der Waals surface area contributed by atoms with Gasteiger partial charge in [0.1, 0.15) is 0 Å². The average molecular weight is 377 g/mol. The van der Waals surface area contributed by atoms with E-state index in [-0.39, 0.29) is 10.6 Å². The number of hydrogen-bond acceptors (Lipinski definition) is 6. The van der Waals surface area contributed by atoms with Gasteiger partial charge >= 0.3 is 0 Å². The number of rotatable bonds is 4. The lowest BCUT2D eigenvalue weighted by Gasteiger charge is -2.37. The lowest BCUT2D eigenvalue weighted by atomic mass is 10.1. The van der Waals surface area contributed by atoms with E-state index in [0.717, 1.165) is 42.9 Å². The molecule has 0 saturated carbocycles. The Bertz CT molecular complexity index is 1040. The van der Waals surface area contributed by atoms with E-state index in [0.29, 0.717) is 10.9 Å². The normalized spacial score (nSPS) is 14.3. The predicted octanol–water partition coefficient (Wildman–Crippen LogP) is 2.57. The summed E-state index contributed by atoms with van der Waals surface area (Å²) in [6.07, 6.45) is 3.21. The Balaban J connectivity index is 1.55. The highest BCUT2D eigenvalue weighted by Gasteiger charge is 2.22. The van der Waals surface area contributed by atoms with Crippen LogP contribution in [0.3, 0.4) is 0 Å². The molecule has 8 heteroatoms. The summed E-state index contributed by atoms with van der Waals surface area (Å²) in [5.41, 5.74) is 7.88. The number of anilines is 2. The van der Waals surface area contributed by atoms with Crippen molar-refractivity contribution in [2.75, 3.05) is 36.0 Å². The molecule has 1 saturated heterocycles. The third kappa shape index (κ3) is 3.20. The molecule has 0 unspecified atom stereocenters. The van der Waals surface area contributed by atoms with Gasteiger partial charge in [-0.1, -0.05) is 0 Å². The number of nitrogens with two attached hydrogens (primary N) is 1. The maximum absolute atomic E-state index is 11.3. The Hall–Kier alpha value is -3.68. The molecular weight excluding hydrogens is 358 g/mol. The first kappa shape index (κ1) is 17.7. The molecule has 8 nitrogen and oxygen atoms in total. The van der Waals surface area contributed by atoms with E-state index < -0.39 is 5.91 Å². The third-order valence-electron chi connectivity index (χ3n) is 5.11. The van der Waals surface area contributed by atoms with Crippen molar-refractivity contribution >= 4 is 33.7 Å². The summed E-state index contributed by atoms with van der Waals surface area (Å²) < 4.78 is 0. The second-order valence-corrected chi connectivity index (χ2v) is 6.67. The van der Waals surface area contributed by atoms with Gasteiger partial charge in [-0.15, -0.1) is 0 Å². The Labute approximate surface area is 161 Å². The van der Waals surface area contributed by atoms with Crippen LogP contribution in [-0.4, -0.2) is 42.0 Å². The van der Waals surface area contributed by atoms with Crippen LogP contribution >= 0.6 is 0 Å². The fourth-order valence-corrected chi connectivity index (χ4v) is 3.64. The molecule has 0 atom stereocenters. The Morgan fingerprint density at radius 2 is 1.64 bits per heavy atom. The molecule has 2 N–H and O–H groups in total. The molecule has 1 aromatic heterocycles. The Morgan fingerprint density at radius 3 is 2.29 bits per heavy atom. The summed E-state index contributed by atoms with van der Waals surface area (Å²) in [7, 11) is 0. The van der Waals surface area contributed by atoms with Crippen LogP contribution in [0, 0.1) is 10.1 Å². The number of benzene rings is 2. The molecule has 3 aromatic rings. The monoisotopic (exact) mass is 377 g/mol. The maximum Gasteiger partial charge on any atom is 0.278 e. The highest BCUT2D eigenvalue weighted by Crippen LogP contribution is 2.33. The van der Waals surface area contributed by atoms with Gasteiger partial charge in [-0.2, -0.15) is 0 Å². The number of carbonyl (C=O) groups is 1. The fourth-order valence-electron chi connectivity index (χ4n) is 3.64. The molecule has 1 fully saturated rings. The zero-order chi connectivity index (χ0) is 19.7. The van der Waals surface area contributed by atoms with E-state index in [1.54, 1.807) is 30.6 Å². The van der Waals surface area contributed by atoms with Crippen LogP contribution < -0.4 is 15.5 Å². The van der Waals surface area contributed by atoms with Crippen LogP contribution in [0.2, 0.25) is 0 Å². The van der Waals surface area contributed by atoms with E-state index in [1.165, 1.54) is 0 Å². The Morgan fingerprint density at radius 1 is 0.964 bits per heavy atom. The highest BCUT2D eigenvalue weighted by molar-refractivity contribution is 5.99. The largest absolute Gasteiger partial charge is 0.368 e. The van der Waals surface area contributed by atoms with Crippen LogP contribution in [0.5, 0.6) is 0 Å². The number of primary amides is 1. The molecule has 2 heterocycles. The minimum Gasteiger partial charge on any atom is -0.368 e. The molecule has 1 aliphatic heterocycles. The number of amides is 1. The van der Waals surface area contributed by atoms with E-state index >= 15 is 0 Å². The number of carbonyl (C=O) groups excluding carboxylic acids is 1. The molecule has 0 spiro atoms. The number of nitrogens with zero attached hydrogens (tertiary/aromatic N) is 4. The van der Waals surface area contributed by atoms with Gasteiger partial charge in [0, 0.05) is 67.0 Å². The van der Waals surface area contributed by atoms with E-state index in [9.17, 15) is 14.9 Å². The lowest BCUT2D eigenvalue weighted by molar-refractivity contribution is -0.383. The smallest absolute Gasteiger partial charge is 0.278 e.